The summed E-state index contributed by atoms with van der Waals surface area (Å²) < 4.78 is 28.3. The molecule has 0 radical (unpaired) electrons. The molecule has 0 unspecified atom stereocenters. The fourth-order valence-corrected chi connectivity index (χ4v) is 6.00. The third-order valence-electron chi connectivity index (χ3n) is 6.16. The topological polar surface area (TPSA) is 86.8 Å². The number of sulfonamides is 1. The van der Waals surface area contributed by atoms with E-state index in [-0.39, 0.29) is 24.9 Å². The van der Waals surface area contributed by atoms with Crippen molar-refractivity contribution >= 4 is 21.8 Å². The average molecular weight is 458 g/mol. The van der Waals surface area contributed by atoms with Gasteiger partial charge in [0.15, 0.2) is 0 Å². The number of piperazine rings is 1. The van der Waals surface area contributed by atoms with Gasteiger partial charge in [0.25, 0.3) is 5.91 Å². The molecule has 1 aliphatic heterocycles. The van der Waals surface area contributed by atoms with Crippen molar-refractivity contribution in [3.8, 4) is 0 Å². The molecule has 2 aromatic carbocycles. The van der Waals surface area contributed by atoms with E-state index in [1.54, 1.807) is 17.0 Å². The van der Waals surface area contributed by atoms with Gasteiger partial charge in [-0.2, -0.15) is 4.31 Å². The molecule has 7 nitrogen and oxygen atoms in total. The summed E-state index contributed by atoms with van der Waals surface area (Å²) in [5, 5.41) is 2.72. The molecule has 1 aliphatic rings. The Morgan fingerprint density at radius 2 is 1.44 bits per heavy atom. The maximum Gasteiger partial charge on any atom is 0.253 e. The Kier molecular flexibility index (Phi) is 7.05. The Labute approximate surface area is 190 Å². The van der Waals surface area contributed by atoms with Crippen LogP contribution in [0.1, 0.15) is 45.1 Å². The van der Waals surface area contributed by atoms with E-state index in [0.717, 1.165) is 27.8 Å². The minimum atomic E-state index is -3.64. The number of benzene rings is 2. The van der Waals surface area contributed by atoms with Crippen molar-refractivity contribution in [1.82, 2.24) is 14.5 Å². The van der Waals surface area contributed by atoms with Crippen LogP contribution in [0.25, 0.3) is 0 Å². The standard InChI is InChI=1S/C24H31N3O4S/c1-16-14-17(2)19(4)23(18(16)3)32(30,31)27-12-10-26(11-13-27)24(29)22-8-6-21(7-9-22)15-25-20(5)28/h6-9,14H,10-13,15H2,1-5H3,(H,25,28). The number of carbonyl (C=O) groups excluding carboxylic acids is 2. The monoisotopic (exact) mass is 457 g/mol. The Hall–Kier alpha value is -2.71. The highest BCUT2D eigenvalue weighted by molar-refractivity contribution is 7.89. The second-order valence-corrected chi connectivity index (χ2v) is 10.3. The number of amides is 2. The molecule has 1 N–H and O–H groups in total. The van der Waals surface area contributed by atoms with Crippen LogP contribution in [0.2, 0.25) is 0 Å². The predicted octanol–water partition coefficient (Wildman–Crippen LogP) is 2.70. The summed E-state index contributed by atoms with van der Waals surface area (Å²) in [6, 6.07) is 9.13. The maximum absolute atomic E-state index is 13.4. The highest BCUT2D eigenvalue weighted by Crippen LogP contribution is 2.29. The lowest BCUT2D eigenvalue weighted by atomic mass is 10.0. The molecule has 1 heterocycles. The molecule has 32 heavy (non-hydrogen) atoms. The van der Waals surface area contributed by atoms with Gasteiger partial charge in [0, 0.05) is 45.2 Å². The second-order valence-electron chi connectivity index (χ2n) is 8.39. The largest absolute Gasteiger partial charge is 0.352 e. The number of nitrogens with zero attached hydrogens (tertiary/aromatic N) is 2. The van der Waals surface area contributed by atoms with Crippen molar-refractivity contribution in [1.29, 1.82) is 0 Å². The Balaban J connectivity index is 1.70. The fraction of sp³-hybridized carbons (Fsp3) is 0.417. The highest BCUT2D eigenvalue weighted by atomic mass is 32.2. The molecule has 0 aromatic heterocycles. The van der Waals surface area contributed by atoms with Gasteiger partial charge in [0.05, 0.1) is 4.90 Å². The van der Waals surface area contributed by atoms with E-state index < -0.39 is 10.0 Å². The SMILES string of the molecule is CC(=O)NCc1ccc(C(=O)N2CCN(S(=O)(=O)c3c(C)c(C)cc(C)c3C)CC2)cc1. The van der Waals surface area contributed by atoms with Crippen molar-refractivity contribution in [3.05, 3.63) is 63.7 Å². The predicted molar refractivity (Wildman–Crippen MR) is 124 cm³/mol. The van der Waals surface area contributed by atoms with Crippen molar-refractivity contribution in [2.24, 2.45) is 0 Å². The number of carbonyl (C=O) groups is 2. The fourth-order valence-electron chi connectivity index (χ4n) is 4.00. The quantitative estimate of drug-likeness (QED) is 0.748. The third kappa shape index (κ3) is 4.86. The lowest BCUT2D eigenvalue weighted by Gasteiger charge is -2.35. The molecule has 0 bridgehead atoms. The molecular formula is C24H31N3O4S. The molecule has 0 spiro atoms. The lowest BCUT2D eigenvalue weighted by molar-refractivity contribution is -0.119. The molecule has 0 saturated carbocycles. The van der Waals surface area contributed by atoms with Crippen molar-refractivity contribution < 1.29 is 18.0 Å². The number of nitrogens with one attached hydrogen (secondary N) is 1. The first-order valence-corrected chi connectivity index (χ1v) is 12.2. The van der Waals surface area contributed by atoms with Crippen molar-refractivity contribution in [2.75, 3.05) is 26.2 Å². The molecule has 2 amide bonds. The van der Waals surface area contributed by atoms with Crippen molar-refractivity contribution in [2.45, 2.75) is 46.1 Å². The van der Waals surface area contributed by atoms with Crippen LogP contribution in [0.4, 0.5) is 0 Å². The van der Waals surface area contributed by atoms with Crippen molar-refractivity contribution in [3.63, 3.8) is 0 Å². The minimum absolute atomic E-state index is 0.107. The summed E-state index contributed by atoms with van der Waals surface area (Å²) in [7, 11) is -3.64. The number of rotatable bonds is 5. The Morgan fingerprint density at radius 1 is 0.906 bits per heavy atom. The average Bonchev–Trinajstić information content (AvgIpc) is 2.76. The molecule has 1 saturated heterocycles. The molecular weight excluding hydrogens is 426 g/mol. The zero-order valence-corrected chi connectivity index (χ0v) is 20.2. The lowest BCUT2D eigenvalue weighted by Crippen LogP contribution is -2.50. The Morgan fingerprint density at radius 3 is 1.94 bits per heavy atom. The van der Waals surface area contributed by atoms with Crippen LogP contribution >= 0.6 is 0 Å². The van der Waals surface area contributed by atoms with Gasteiger partial charge in [-0.1, -0.05) is 18.2 Å². The summed E-state index contributed by atoms with van der Waals surface area (Å²) in [4.78, 5) is 26.0. The van der Waals surface area contributed by atoms with Gasteiger partial charge in [-0.15, -0.1) is 0 Å². The molecule has 172 valence electrons. The summed E-state index contributed by atoms with van der Waals surface area (Å²) in [5.41, 5.74) is 4.95. The summed E-state index contributed by atoms with van der Waals surface area (Å²) in [6.45, 7) is 10.6. The second kappa shape index (κ2) is 9.42. The molecule has 0 aliphatic carbocycles. The molecule has 8 heteroatoms. The van der Waals surface area contributed by atoms with Gasteiger partial charge in [-0.05, 0) is 67.6 Å². The van der Waals surface area contributed by atoms with Crippen LogP contribution in [0.3, 0.4) is 0 Å². The normalized spacial score (nSPS) is 15.0. The van der Waals surface area contributed by atoms with Gasteiger partial charge < -0.3 is 10.2 Å². The summed E-state index contributed by atoms with van der Waals surface area (Å²) in [5.74, 6) is -0.226. The number of hydrogen-bond acceptors (Lipinski definition) is 4. The third-order valence-corrected chi connectivity index (χ3v) is 8.34. The van der Waals surface area contributed by atoms with Gasteiger partial charge in [0.2, 0.25) is 15.9 Å². The first-order valence-electron chi connectivity index (χ1n) is 10.7. The summed E-state index contributed by atoms with van der Waals surface area (Å²) >= 11 is 0. The van der Waals surface area contributed by atoms with E-state index >= 15 is 0 Å². The van der Waals surface area contributed by atoms with Crippen LogP contribution < -0.4 is 5.32 Å². The molecule has 0 atom stereocenters. The van der Waals surface area contributed by atoms with E-state index in [0.29, 0.717) is 30.1 Å². The number of aryl methyl sites for hydroxylation is 2. The van der Waals surface area contributed by atoms with E-state index in [4.69, 9.17) is 0 Å². The zero-order chi connectivity index (χ0) is 23.6. The Bertz CT molecular complexity index is 1110. The van der Waals surface area contributed by atoms with Gasteiger partial charge in [-0.25, -0.2) is 8.42 Å². The van der Waals surface area contributed by atoms with Gasteiger partial charge in [-0.3, -0.25) is 9.59 Å². The zero-order valence-electron chi connectivity index (χ0n) is 19.4. The van der Waals surface area contributed by atoms with E-state index in [9.17, 15) is 18.0 Å². The first-order chi connectivity index (χ1) is 15.0. The highest BCUT2D eigenvalue weighted by Gasteiger charge is 2.33. The molecule has 1 fully saturated rings. The van der Waals surface area contributed by atoms with Gasteiger partial charge >= 0.3 is 0 Å². The van der Waals surface area contributed by atoms with Crippen LogP contribution in [-0.2, 0) is 21.4 Å². The molecule has 2 aromatic rings. The smallest absolute Gasteiger partial charge is 0.253 e. The van der Waals surface area contributed by atoms with Crippen LogP contribution in [-0.4, -0.2) is 55.6 Å². The van der Waals surface area contributed by atoms with E-state index in [1.807, 2.05) is 45.9 Å². The maximum atomic E-state index is 13.4. The molecule has 3 rings (SSSR count). The van der Waals surface area contributed by atoms with Crippen LogP contribution in [0, 0.1) is 27.7 Å². The summed E-state index contributed by atoms with van der Waals surface area (Å²) in [6.07, 6.45) is 0. The van der Waals surface area contributed by atoms with Gasteiger partial charge in [0.1, 0.15) is 0 Å². The minimum Gasteiger partial charge on any atom is -0.352 e. The first kappa shape index (κ1) is 23.9. The van der Waals surface area contributed by atoms with Crippen LogP contribution in [0.15, 0.2) is 35.2 Å². The van der Waals surface area contributed by atoms with E-state index in [2.05, 4.69) is 5.32 Å². The number of hydrogen-bond donors (Lipinski definition) is 1. The van der Waals surface area contributed by atoms with E-state index in [1.165, 1.54) is 11.2 Å². The van der Waals surface area contributed by atoms with Crippen LogP contribution in [0.5, 0.6) is 0 Å².